The molecule has 0 amide bonds. The largest absolute Gasteiger partial charge is 0.494 e. The third-order valence-electron chi connectivity index (χ3n) is 2.89. The van der Waals surface area contributed by atoms with Gasteiger partial charge in [0.15, 0.2) is 0 Å². The number of thiocarbonyl (C=S) groups is 1. The molecule has 0 spiro atoms. The Labute approximate surface area is 130 Å². The molecule has 5 heteroatoms. The molecule has 1 heterocycles. The lowest BCUT2D eigenvalue weighted by atomic mass is 10.2. The topological polar surface area (TPSA) is 60.2 Å². The molecule has 4 nitrogen and oxygen atoms in total. The highest BCUT2D eigenvalue weighted by Crippen LogP contribution is 2.22. The number of hydrogen-bond donors (Lipinski definition) is 2. The van der Waals surface area contributed by atoms with Crippen molar-refractivity contribution in [1.82, 2.24) is 4.98 Å². The van der Waals surface area contributed by atoms with Crippen molar-refractivity contribution in [1.29, 1.82) is 0 Å². The number of ether oxygens (including phenoxy) is 1. The van der Waals surface area contributed by atoms with Crippen molar-refractivity contribution in [3.63, 3.8) is 0 Å². The van der Waals surface area contributed by atoms with E-state index in [1.54, 1.807) is 0 Å². The monoisotopic (exact) mass is 301 g/mol. The second kappa shape index (κ2) is 7.04. The van der Waals surface area contributed by atoms with E-state index in [1.807, 2.05) is 43.3 Å². The van der Waals surface area contributed by atoms with Crippen LogP contribution in [0.5, 0.6) is 5.75 Å². The van der Waals surface area contributed by atoms with Crippen LogP contribution in [0.4, 0.5) is 11.5 Å². The lowest BCUT2D eigenvalue weighted by molar-refractivity contribution is 0.317. The molecule has 110 valence electrons. The lowest BCUT2D eigenvalue weighted by Crippen LogP contribution is -2.13. The molecule has 1 aromatic heterocycles. The van der Waals surface area contributed by atoms with Crippen LogP contribution in [0.1, 0.15) is 24.6 Å². The summed E-state index contributed by atoms with van der Waals surface area (Å²) >= 11 is 5.06. The smallest absolute Gasteiger partial charge is 0.140 e. The van der Waals surface area contributed by atoms with Gasteiger partial charge in [-0.2, -0.15) is 0 Å². The summed E-state index contributed by atoms with van der Waals surface area (Å²) in [4.78, 5) is 4.78. The maximum atomic E-state index is 5.73. The zero-order valence-corrected chi connectivity index (χ0v) is 13.0. The third-order valence-corrected chi connectivity index (χ3v) is 3.11. The van der Waals surface area contributed by atoms with E-state index in [0.29, 0.717) is 10.8 Å². The second-order valence-corrected chi connectivity index (χ2v) is 5.15. The normalized spacial score (nSPS) is 10.2. The molecule has 0 bridgehead atoms. The molecule has 3 N–H and O–H groups in total. The summed E-state index contributed by atoms with van der Waals surface area (Å²) in [7, 11) is 0. The van der Waals surface area contributed by atoms with Crippen LogP contribution in [0.2, 0.25) is 0 Å². The summed E-state index contributed by atoms with van der Waals surface area (Å²) in [5.41, 5.74) is 8.28. The molecule has 0 aliphatic rings. The maximum Gasteiger partial charge on any atom is 0.140 e. The van der Waals surface area contributed by atoms with Gasteiger partial charge in [0.2, 0.25) is 0 Å². The van der Waals surface area contributed by atoms with E-state index >= 15 is 0 Å². The predicted octanol–water partition coefficient (Wildman–Crippen LogP) is 3.56. The molecular formula is C16H19N3OS. The number of nitrogens with zero attached hydrogens (tertiary/aromatic N) is 1. The van der Waals surface area contributed by atoms with Crippen LogP contribution in [0.25, 0.3) is 0 Å². The van der Waals surface area contributed by atoms with Crippen molar-refractivity contribution in [2.75, 3.05) is 11.9 Å². The molecule has 21 heavy (non-hydrogen) atoms. The highest BCUT2D eigenvalue weighted by molar-refractivity contribution is 7.80. The minimum Gasteiger partial charge on any atom is -0.494 e. The van der Waals surface area contributed by atoms with E-state index in [-0.39, 0.29) is 0 Å². The first kappa shape index (κ1) is 15.3. The van der Waals surface area contributed by atoms with Gasteiger partial charge in [-0.1, -0.05) is 19.1 Å². The quantitative estimate of drug-likeness (QED) is 0.799. The van der Waals surface area contributed by atoms with Gasteiger partial charge in [-0.15, -0.1) is 0 Å². The van der Waals surface area contributed by atoms with Gasteiger partial charge in [0.1, 0.15) is 16.6 Å². The third kappa shape index (κ3) is 4.16. The zero-order valence-electron chi connectivity index (χ0n) is 12.2. The van der Waals surface area contributed by atoms with Gasteiger partial charge in [-0.05, 0) is 49.7 Å². The molecule has 0 aliphatic heterocycles. The molecule has 1 aromatic carbocycles. The fourth-order valence-corrected chi connectivity index (χ4v) is 2.01. The van der Waals surface area contributed by atoms with Gasteiger partial charge in [0.05, 0.1) is 12.2 Å². The SMILES string of the molecule is CCCOc1ccc(Nc2nc(C)ccc2C(N)=S)cc1. The number of pyridine rings is 1. The van der Waals surface area contributed by atoms with Crippen molar-refractivity contribution < 1.29 is 4.74 Å². The number of nitrogens with two attached hydrogens (primary N) is 1. The van der Waals surface area contributed by atoms with Gasteiger partial charge in [0.25, 0.3) is 0 Å². The average molecular weight is 301 g/mol. The van der Waals surface area contributed by atoms with Crippen LogP contribution in [0.3, 0.4) is 0 Å². The number of benzene rings is 1. The Kier molecular flexibility index (Phi) is 5.11. The minimum absolute atomic E-state index is 0.327. The summed E-state index contributed by atoms with van der Waals surface area (Å²) in [6.45, 7) is 4.73. The van der Waals surface area contributed by atoms with Gasteiger partial charge >= 0.3 is 0 Å². The van der Waals surface area contributed by atoms with E-state index in [9.17, 15) is 0 Å². The molecule has 0 atom stereocenters. The molecule has 0 fully saturated rings. The average Bonchev–Trinajstić information content (AvgIpc) is 2.46. The standard InChI is InChI=1S/C16H19N3OS/c1-3-10-20-13-7-5-12(6-8-13)19-16-14(15(17)21)9-4-11(2)18-16/h4-9H,3,10H2,1-2H3,(H2,17,21)(H,18,19). The Bertz CT molecular complexity index is 626. The number of anilines is 2. The number of rotatable bonds is 6. The van der Waals surface area contributed by atoms with Crippen molar-refractivity contribution in [3.8, 4) is 5.75 Å². The van der Waals surface area contributed by atoms with Crippen LogP contribution in [-0.2, 0) is 0 Å². The Hall–Kier alpha value is -2.14. The highest BCUT2D eigenvalue weighted by Gasteiger charge is 2.07. The van der Waals surface area contributed by atoms with E-state index in [2.05, 4.69) is 17.2 Å². The van der Waals surface area contributed by atoms with Crippen LogP contribution in [0, 0.1) is 6.92 Å². The summed E-state index contributed by atoms with van der Waals surface area (Å²) in [6.07, 6.45) is 0.991. The summed E-state index contributed by atoms with van der Waals surface area (Å²) in [5, 5.41) is 3.24. The van der Waals surface area contributed by atoms with E-state index in [4.69, 9.17) is 22.7 Å². The number of aryl methyl sites for hydroxylation is 1. The van der Waals surface area contributed by atoms with Crippen molar-refractivity contribution in [2.24, 2.45) is 5.73 Å². The molecule has 0 aliphatic carbocycles. The van der Waals surface area contributed by atoms with E-state index in [1.165, 1.54) is 0 Å². The lowest BCUT2D eigenvalue weighted by Gasteiger charge is -2.12. The first-order valence-electron chi connectivity index (χ1n) is 6.87. The Morgan fingerprint density at radius 3 is 2.57 bits per heavy atom. The summed E-state index contributed by atoms with van der Waals surface area (Å²) in [6, 6.07) is 11.5. The number of aromatic nitrogens is 1. The second-order valence-electron chi connectivity index (χ2n) is 4.71. The molecule has 2 aromatic rings. The first-order chi connectivity index (χ1) is 10.1. The number of hydrogen-bond acceptors (Lipinski definition) is 4. The van der Waals surface area contributed by atoms with Crippen LogP contribution in [-0.4, -0.2) is 16.6 Å². The fourth-order valence-electron chi connectivity index (χ4n) is 1.84. The highest BCUT2D eigenvalue weighted by atomic mass is 32.1. The van der Waals surface area contributed by atoms with E-state index < -0.39 is 0 Å². The molecule has 0 saturated heterocycles. The van der Waals surface area contributed by atoms with Gasteiger partial charge in [-0.25, -0.2) is 4.98 Å². The predicted molar refractivity (Wildman–Crippen MR) is 90.4 cm³/mol. The van der Waals surface area contributed by atoms with Crippen LogP contribution in [0.15, 0.2) is 36.4 Å². The Balaban J connectivity index is 2.18. The van der Waals surface area contributed by atoms with Crippen LogP contribution >= 0.6 is 12.2 Å². The zero-order chi connectivity index (χ0) is 15.2. The first-order valence-corrected chi connectivity index (χ1v) is 7.28. The molecule has 0 saturated carbocycles. The van der Waals surface area contributed by atoms with Crippen molar-refractivity contribution in [3.05, 3.63) is 47.7 Å². The molecular weight excluding hydrogens is 282 g/mol. The maximum absolute atomic E-state index is 5.73. The van der Waals surface area contributed by atoms with Crippen LogP contribution < -0.4 is 15.8 Å². The fraction of sp³-hybridized carbons (Fsp3) is 0.250. The summed E-state index contributed by atoms with van der Waals surface area (Å²) < 4.78 is 5.56. The van der Waals surface area contributed by atoms with Crippen molar-refractivity contribution >= 4 is 28.7 Å². The minimum atomic E-state index is 0.327. The summed E-state index contributed by atoms with van der Waals surface area (Å²) in [5.74, 6) is 1.53. The van der Waals surface area contributed by atoms with Crippen molar-refractivity contribution in [2.45, 2.75) is 20.3 Å². The van der Waals surface area contributed by atoms with Gasteiger partial charge < -0.3 is 15.8 Å². The van der Waals surface area contributed by atoms with E-state index in [0.717, 1.165) is 35.7 Å². The number of nitrogens with one attached hydrogen (secondary N) is 1. The Morgan fingerprint density at radius 2 is 1.95 bits per heavy atom. The van der Waals surface area contributed by atoms with Gasteiger partial charge in [0, 0.05) is 11.4 Å². The molecule has 2 rings (SSSR count). The Morgan fingerprint density at radius 1 is 1.24 bits per heavy atom. The molecule has 0 radical (unpaired) electrons. The molecule has 0 unspecified atom stereocenters. The van der Waals surface area contributed by atoms with Gasteiger partial charge in [-0.3, -0.25) is 0 Å².